The summed E-state index contributed by atoms with van der Waals surface area (Å²) < 4.78 is 5.09. The van der Waals surface area contributed by atoms with Gasteiger partial charge in [-0.05, 0) is 37.1 Å². The van der Waals surface area contributed by atoms with Crippen LogP contribution in [0.5, 0.6) is 5.75 Å². The summed E-state index contributed by atoms with van der Waals surface area (Å²) in [6, 6.07) is 6.36. The van der Waals surface area contributed by atoms with E-state index < -0.39 is 11.9 Å². The highest BCUT2D eigenvalue weighted by Gasteiger charge is 2.05. The van der Waals surface area contributed by atoms with Crippen LogP contribution in [0.3, 0.4) is 0 Å². The normalized spacial score (nSPS) is 10.0. The van der Waals surface area contributed by atoms with Crippen molar-refractivity contribution in [1.29, 1.82) is 0 Å². The molecule has 0 saturated carbocycles. The lowest BCUT2D eigenvalue weighted by Gasteiger charge is -2.07. The molecule has 0 aliphatic heterocycles. The average Bonchev–Trinajstić information content (AvgIpc) is 2.48. The van der Waals surface area contributed by atoms with E-state index in [0.717, 1.165) is 12.8 Å². The number of hydrogen-bond acceptors (Lipinski definition) is 4. The minimum absolute atomic E-state index is 0.153. The van der Waals surface area contributed by atoms with Crippen LogP contribution in [-0.4, -0.2) is 36.0 Å². The van der Waals surface area contributed by atoms with Gasteiger partial charge in [-0.2, -0.15) is 0 Å². The van der Waals surface area contributed by atoms with Crippen LogP contribution < -0.4 is 15.8 Å². The SMILES string of the molecule is NC(=O)COc1ccc(C(=O)NCCCCCC(=O)O)cc1. The highest BCUT2D eigenvalue weighted by atomic mass is 16.5. The Labute approximate surface area is 128 Å². The average molecular weight is 308 g/mol. The molecule has 1 aromatic rings. The maximum absolute atomic E-state index is 11.8. The Hall–Kier alpha value is -2.57. The summed E-state index contributed by atoms with van der Waals surface area (Å²) in [4.78, 5) is 32.8. The molecule has 0 spiro atoms. The summed E-state index contributed by atoms with van der Waals surface area (Å²) in [7, 11) is 0. The second-order valence-electron chi connectivity index (χ2n) is 4.74. The van der Waals surface area contributed by atoms with E-state index in [4.69, 9.17) is 15.6 Å². The predicted molar refractivity (Wildman–Crippen MR) is 79.6 cm³/mol. The first-order valence-electron chi connectivity index (χ1n) is 7.00. The Kier molecular flexibility index (Phi) is 7.45. The zero-order valence-corrected chi connectivity index (χ0v) is 12.2. The van der Waals surface area contributed by atoms with Crippen LogP contribution in [0.15, 0.2) is 24.3 Å². The van der Waals surface area contributed by atoms with Gasteiger partial charge in [0, 0.05) is 18.5 Å². The number of carboxylic acid groups (broad SMARTS) is 1. The Balaban J connectivity index is 2.27. The Morgan fingerprint density at radius 3 is 2.36 bits per heavy atom. The Morgan fingerprint density at radius 1 is 1.09 bits per heavy atom. The van der Waals surface area contributed by atoms with Crippen LogP contribution in [0.1, 0.15) is 36.0 Å². The van der Waals surface area contributed by atoms with E-state index >= 15 is 0 Å². The van der Waals surface area contributed by atoms with E-state index in [1.165, 1.54) is 0 Å². The van der Waals surface area contributed by atoms with Gasteiger partial charge in [0.05, 0.1) is 0 Å². The number of amides is 2. The summed E-state index contributed by atoms with van der Waals surface area (Å²) in [6.45, 7) is 0.292. The predicted octanol–water partition coefficient (Wildman–Crippen LogP) is 0.925. The molecule has 1 aromatic carbocycles. The third-order valence-electron chi connectivity index (χ3n) is 2.85. The number of nitrogens with one attached hydrogen (secondary N) is 1. The van der Waals surface area contributed by atoms with Crippen LogP contribution in [-0.2, 0) is 9.59 Å². The molecule has 2 amide bonds. The van der Waals surface area contributed by atoms with Crippen LogP contribution in [0.4, 0.5) is 0 Å². The van der Waals surface area contributed by atoms with Crippen LogP contribution in [0.25, 0.3) is 0 Å². The van der Waals surface area contributed by atoms with E-state index in [1.54, 1.807) is 24.3 Å². The molecule has 0 aliphatic carbocycles. The number of unbranched alkanes of at least 4 members (excludes halogenated alkanes) is 2. The quantitative estimate of drug-likeness (QED) is 0.555. The minimum atomic E-state index is -0.803. The molecule has 0 saturated heterocycles. The Bertz CT molecular complexity index is 513. The third kappa shape index (κ3) is 7.28. The summed E-state index contributed by atoms with van der Waals surface area (Å²) in [6.07, 6.45) is 2.25. The zero-order chi connectivity index (χ0) is 16.4. The molecule has 0 fully saturated rings. The number of aliphatic carboxylic acids is 1. The summed E-state index contributed by atoms with van der Waals surface area (Å²) in [5.74, 6) is -1.11. The Morgan fingerprint density at radius 2 is 1.77 bits per heavy atom. The maximum Gasteiger partial charge on any atom is 0.303 e. The van der Waals surface area contributed by atoms with Gasteiger partial charge in [-0.15, -0.1) is 0 Å². The first kappa shape index (κ1) is 17.5. The van der Waals surface area contributed by atoms with Crippen molar-refractivity contribution in [1.82, 2.24) is 5.32 Å². The van der Waals surface area contributed by atoms with Gasteiger partial charge < -0.3 is 20.9 Å². The van der Waals surface area contributed by atoms with Crippen molar-refractivity contribution in [2.75, 3.05) is 13.2 Å². The number of carboxylic acids is 1. The number of carbonyl (C=O) groups is 3. The lowest BCUT2D eigenvalue weighted by atomic mass is 10.2. The first-order chi connectivity index (χ1) is 10.5. The molecule has 0 aliphatic rings. The summed E-state index contributed by atoms with van der Waals surface area (Å²) in [5.41, 5.74) is 5.45. The standard InChI is InChI=1S/C15H20N2O5/c16-13(18)10-22-12-7-5-11(6-8-12)15(21)17-9-3-1-2-4-14(19)20/h5-8H,1-4,9-10H2,(H2,16,18)(H,17,21)(H,19,20). The largest absolute Gasteiger partial charge is 0.484 e. The zero-order valence-electron chi connectivity index (χ0n) is 12.2. The molecule has 0 heterocycles. The molecule has 7 heteroatoms. The first-order valence-corrected chi connectivity index (χ1v) is 7.00. The molecular formula is C15H20N2O5. The summed E-state index contributed by atoms with van der Waals surface area (Å²) in [5, 5.41) is 11.2. The van der Waals surface area contributed by atoms with Crippen molar-refractivity contribution < 1.29 is 24.2 Å². The lowest BCUT2D eigenvalue weighted by molar-refractivity contribution is -0.137. The highest BCUT2D eigenvalue weighted by molar-refractivity contribution is 5.94. The number of hydrogen-bond donors (Lipinski definition) is 3. The molecule has 0 bridgehead atoms. The smallest absolute Gasteiger partial charge is 0.303 e. The molecule has 22 heavy (non-hydrogen) atoms. The number of rotatable bonds is 10. The van der Waals surface area contributed by atoms with E-state index in [2.05, 4.69) is 5.32 Å². The molecule has 4 N–H and O–H groups in total. The van der Waals surface area contributed by atoms with Gasteiger partial charge in [-0.25, -0.2) is 0 Å². The van der Waals surface area contributed by atoms with Gasteiger partial charge in [0.1, 0.15) is 5.75 Å². The lowest BCUT2D eigenvalue weighted by Crippen LogP contribution is -2.24. The number of primary amides is 1. The molecule has 0 atom stereocenters. The van der Waals surface area contributed by atoms with Crippen LogP contribution >= 0.6 is 0 Å². The minimum Gasteiger partial charge on any atom is -0.484 e. The van der Waals surface area contributed by atoms with Crippen molar-refractivity contribution >= 4 is 17.8 Å². The van der Waals surface area contributed by atoms with Gasteiger partial charge >= 0.3 is 5.97 Å². The fraction of sp³-hybridized carbons (Fsp3) is 0.400. The van der Waals surface area contributed by atoms with Crippen molar-refractivity contribution in [3.63, 3.8) is 0 Å². The van der Waals surface area contributed by atoms with Crippen LogP contribution in [0, 0.1) is 0 Å². The number of benzene rings is 1. The number of ether oxygens (including phenoxy) is 1. The fourth-order valence-corrected chi connectivity index (χ4v) is 1.74. The number of carbonyl (C=O) groups excluding carboxylic acids is 2. The van der Waals surface area contributed by atoms with E-state index in [0.29, 0.717) is 24.3 Å². The van der Waals surface area contributed by atoms with Gasteiger partial charge in [0.2, 0.25) is 0 Å². The second-order valence-corrected chi connectivity index (χ2v) is 4.74. The number of nitrogens with two attached hydrogens (primary N) is 1. The molecule has 1 rings (SSSR count). The van der Waals surface area contributed by atoms with E-state index in [1.807, 2.05) is 0 Å². The van der Waals surface area contributed by atoms with Crippen molar-refractivity contribution in [3.8, 4) is 5.75 Å². The van der Waals surface area contributed by atoms with Crippen molar-refractivity contribution in [3.05, 3.63) is 29.8 Å². The molecule has 0 radical (unpaired) electrons. The molecule has 0 aromatic heterocycles. The highest BCUT2D eigenvalue weighted by Crippen LogP contribution is 2.12. The molecule has 7 nitrogen and oxygen atoms in total. The topological polar surface area (TPSA) is 119 Å². The monoisotopic (exact) mass is 308 g/mol. The fourth-order valence-electron chi connectivity index (χ4n) is 1.74. The van der Waals surface area contributed by atoms with Gasteiger partial charge in [0.15, 0.2) is 6.61 Å². The van der Waals surface area contributed by atoms with Crippen LogP contribution in [0.2, 0.25) is 0 Å². The van der Waals surface area contributed by atoms with Gasteiger partial charge in [-0.1, -0.05) is 6.42 Å². The van der Waals surface area contributed by atoms with E-state index in [-0.39, 0.29) is 18.9 Å². The third-order valence-corrected chi connectivity index (χ3v) is 2.85. The van der Waals surface area contributed by atoms with Crippen molar-refractivity contribution in [2.45, 2.75) is 25.7 Å². The van der Waals surface area contributed by atoms with E-state index in [9.17, 15) is 14.4 Å². The maximum atomic E-state index is 11.8. The van der Waals surface area contributed by atoms with Crippen molar-refractivity contribution in [2.24, 2.45) is 5.73 Å². The van der Waals surface area contributed by atoms with Gasteiger partial charge in [0.25, 0.3) is 11.8 Å². The van der Waals surface area contributed by atoms with Gasteiger partial charge in [-0.3, -0.25) is 14.4 Å². The molecule has 0 unspecified atom stereocenters. The summed E-state index contributed by atoms with van der Waals surface area (Å²) >= 11 is 0. The molecular weight excluding hydrogens is 288 g/mol. The molecule has 120 valence electrons. The second kappa shape index (κ2) is 9.38.